The highest BCUT2D eigenvalue weighted by molar-refractivity contribution is 5.71. The molecule has 80 heavy (non-hydrogen) atoms. The summed E-state index contributed by atoms with van der Waals surface area (Å²) < 4.78 is 17.0. The summed E-state index contributed by atoms with van der Waals surface area (Å²) >= 11 is 0. The SMILES string of the molecule is CCCCC/C=C\C/C=C\CCCCCCCCCCCC(=O)OC(COC(=O)CCCCCCCCCCCCCC)COC(=O)CCCCCCCCCCCCCCCCCC/C=C\C/C=C\C/C=C\CCCCCCC. The van der Waals surface area contributed by atoms with Crippen molar-refractivity contribution in [3.05, 3.63) is 60.8 Å². The van der Waals surface area contributed by atoms with Crippen molar-refractivity contribution in [3.63, 3.8) is 0 Å². The topological polar surface area (TPSA) is 78.9 Å². The van der Waals surface area contributed by atoms with Crippen LogP contribution in [0.4, 0.5) is 0 Å². The van der Waals surface area contributed by atoms with Crippen LogP contribution in [-0.4, -0.2) is 37.2 Å². The Kier molecular flexibility index (Phi) is 66.1. The maximum atomic E-state index is 12.9. The molecule has 0 rings (SSSR count). The summed E-state index contributed by atoms with van der Waals surface area (Å²) in [5.41, 5.74) is 0. The van der Waals surface area contributed by atoms with Crippen molar-refractivity contribution in [2.75, 3.05) is 13.2 Å². The highest BCUT2D eigenvalue weighted by atomic mass is 16.6. The van der Waals surface area contributed by atoms with Gasteiger partial charge < -0.3 is 14.2 Å². The summed E-state index contributed by atoms with van der Waals surface area (Å²) in [4.78, 5) is 38.4. The van der Waals surface area contributed by atoms with Gasteiger partial charge in [-0.25, -0.2) is 0 Å². The van der Waals surface area contributed by atoms with Crippen LogP contribution in [0.5, 0.6) is 0 Å². The number of hydrogen-bond acceptors (Lipinski definition) is 6. The number of hydrogen-bond donors (Lipinski definition) is 0. The standard InChI is InChI=1S/C74H134O6/c1-4-7-10-13-16-19-22-25-27-29-31-32-33-34-35-36-37-38-39-40-41-42-44-45-47-49-52-55-58-61-64-67-73(76)79-70-71(69-78-72(75)66-63-60-57-54-51-24-21-18-15-12-9-6-3)80-74(77)68-65-62-59-56-53-50-48-46-43-30-28-26-23-20-17-14-11-8-5-2/h17,20,22,25-26,28-29,31,33-34,71H,4-16,18-19,21,23-24,27,30,32,35-70H2,1-3H3/b20-17-,25-22-,28-26-,31-29-,34-33-. The lowest BCUT2D eigenvalue weighted by atomic mass is 10.0. The van der Waals surface area contributed by atoms with Gasteiger partial charge in [-0.3, -0.25) is 14.4 Å². The van der Waals surface area contributed by atoms with E-state index in [2.05, 4.69) is 81.5 Å². The molecule has 0 aliphatic rings. The van der Waals surface area contributed by atoms with E-state index in [1.807, 2.05) is 0 Å². The van der Waals surface area contributed by atoms with Gasteiger partial charge in [0.05, 0.1) is 0 Å². The summed E-state index contributed by atoms with van der Waals surface area (Å²) in [5, 5.41) is 0. The molecule has 0 aromatic rings. The predicted octanol–water partition coefficient (Wildman–Crippen LogP) is 24.3. The van der Waals surface area contributed by atoms with Crippen molar-refractivity contribution >= 4 is 17.9 Å². The summed E-state index contributed by atoms with van der Waals surface area (Å²) in [6, 6.07) is 0. The number of esters is 3. The van der Waals surface area contributed by atoms with Crippen LogP contribution in [-0.2, 0) is 28.6 Å². The Balaban J connectivity index is 4.17. The van der Waals surface area contributed by atoms with E-state index in [9.17, 15) is 14.4 Å². The summed E-state index contributed by atoms with van der Waals surface area (Å²) in [6.45, 7) is 6.65. The number of ether oxygens (including phenoxy) is 3. The minimum Gasteiger partial charge on any atom is -0.462 e. The monoisotopic (exact) mass is 1120 g/mol. The van der Waals surface area contributed by atoms with Crippen LogP contribution < -0.4 is 0 Å². The maximum absolute atomic E-state index is 12.9. The molecule has 0 amide bonds. The van der Waals surface area contributed by atoms with Gasteiger partial charge in [0.15, 0.2) is 6.10 Å². The van der Waals surface area contributed by atoms with Crippen LogP contribution in [0.25, 0.3) is 0 Å². The van der Waals surface area contributed by atoms with E-state index >= 15 is 0 Å². The Morgan fingerprint density at radius 1 is 0.250 bits per heavy atom. The molecule has 0 aromatic heterocycles. The zero-order valence-corrected chi connectivity index (χ0v) is 53.6. The van der Waals surface area contributed by atoms with Gasteiger partial charge in [-0.1, -0.05) is 326 Å². The lowest BCUT2D eigenvalue weighted by Crippen LogP contribution is -2.30. The minimum absolute atomic E-state index is 0.0709. The highest BCUT2D eigenvalue weighted by Gasteiger charge is 2.19. The maximum Gasteiger partial charge on any atom is 0.306 e. The average Bonchev–Trinajstić information content (AvgIpc) is 3.46. The Bertz CT molecular complexity index is 1430. The minimum atomic E-state index is -0.774. The molecule has 6 nitrogen and oxygen atoms in total. The van der Waals surface area contributed by atoms with Crippen LogP contribution >= 0.6 is 0 Å². The van der Waals surface area contributed by atoms with E-state index in [-0.39, 0.29) is 31.1 Å². The average molecular weight is 1120 g/mol. The number of rotatable bonds is 65. The van der Waals surface area contributed by atoms with Crippen molar-refractivity contribution in [3.8, 4) is 0 Å². The Morgan fingerprint density at radius 3 is 0.725 bits per heavy atom. The van der Waals surface area contributed by atoms with Crippen molar-refractivity contribution in [2.45, 2.75) is 380 Å². The van der Waals surface area contributed by atoms with Crippen molar-refractivity contribution < 1.29 is 28.6 Å². The molecule has 0 radical (unpaired) electrons. The third-order valence-electron chi connectivity index (χ3n) is 15.7. The highest BCUT2D eigenvalue weighted by Crippen LogP contribution is 2.18. The fraction of sp³-hybridized carbons (Fsp3) is 0.824. The Hall–Kier alpha value is -2.89. The lowest BCUT2D eigenvalue weighted by molar-refractivity contribution is -0.167. The van der Waals surface area contributed by atoms with Crippen LogP contribution in [0.2, 0.25) is 0 Å². The second-order valence-electron chi connectivity index (χ2n) is 23.8. The molecule has 0 saturated heterocycles. The van der Waals surface area contributed by atoms with E-state index in [1.54, 1.807) is 0 Å². The molecule has 466 valence electrons. The van der Waals surface area contributed by atoms with Crippen LogP contribution in [0, 0.1) is 0 Å². The molecule has 0 N–H and O–H groups in total. The van der Waals surface area contributed by atoms with Crippen LogP contribution in [0.1, 0.15) is 374 Å². The van der Waals surface area contributed by atoms with Gasteiger partial charge in [0.1, 0.15) is 13.2 Å². The van der Waals surface area contributed by atoms with Gasteiger partial charge in [-0.2, -0.15) is 0 Å². The number of carbonyl (C=O) groups is 3. The quantitative estimate of drug-likeness (QED) is 0.0261. The smallest absolute Gasteiger partial charge is 0.306 e. The number of carbonyl (C=O) groups excluding carboxylic acids is 3. The van der Waals surface area contributed by atoms with E-state index in [4.69, 9.17) is 14.2 Å². The molecule has 0 fully saturated rings. The molecule has 0 heterocycles. The predicted molar refractivity (Wildman–Crippen MR) is 348 cm³/mol. The first-order valence-electron chi connectivity index (χ1n) is 35.3. The molecule has 0 aromatic carbocycles. The largest absolute Gasteiger partial charge is 0.462 e. The first-order valence-corrected chi connectivity index (χ1v) is 35.3. The fourth-order valence-corrected chi connectivity index (χ4v) is 10.4. The van der Waals surface area contributed by atoms with E-state index < -0.39 is 6.10 Å². The zero-order chi connectivity index (χ0) is 57.8. The number of unbranched alkanes of at least 4 members (excludes halogenated alkanes) is 44. The van der Waals surface area contributed by atoms with Crippen LogP contribution in [0.3, 0.4) is 0 Å². The second-order valence-corrected chi connectivity index (χ2v) is 23.8. The third-order valence-corrected chi connectivity index (χ3v) is 15.7. The first kappa shape index (κ1) is 77.1. The molecule has 0 aliphatic heterocycles. The third kappa shape index (κ3) is 65.9. The molecule has 1 unspecified atom stereocenters. The van der Waals surface area contributed by atoms with E-state index in [0.717, 1.165) is 77.0 Å². The van der Waals surface area contributed by atoms with Crippen molar-refractivity contribution in [1.29, 1.82) is 0 Å². The molecule has 1 atom stereocenters. The van der Waals surface area contributed by atoms with Crippen molar-refractivity contribution in [1.82, 2.24) is 0 Å². The van der Waals surface area contributed by atoms with Crippen molar-refractivity contribution in [2.24, 2.45) is 0 Å². The zero-order valence-electron chi connectivity index (χ0n) is 53.6. The molecule has 6 heteroatoms. The molecule has 0 bridgehead atoms. The van der Waals surface area contributed by atoms with Crippen LogP contribution in [0.15, 0.2) is 60.8 Å². The first-order chi connectivity index (χ1) is 39.5. The van der Waals surface area contributed by atoms with E-state index in [0.29, 0.717) is 19.3 Å². The summed E-state index contributed by atoms with van der Waals surface area (Å²) in [5.74, 6) is -0.853. The second kappa shape index (κ2) is 68.6. The molecular weight excluding hydrogens is 985 g/mol. The van der Waals surface area contributed by atoms with Gasteiger partial charge in [0.25, 0.3) is 0 Å². The van der Waals surface area contributed by atoms with Gasteiger partial charge in [-0.15, -0.1) is 0 Å². The molecule has 0 spiro atoms. The fourth-order valence-electron chi connectivity index (χ4n) is 10.4. The Morgan fingerprint density at radius 2 is 0.450 bits per heavy atom. The molecular formula is C74H134O6. The van der Waals surface area contributed by atoms with E-state index in [1.165, 1.54) is 257 Å². The Labute approximate surface area is 498 Å². The van der Waals surface area contributed by atoms with Gasteiger partial charge >= 0.3 is 17.9 Å². The van der Waals surface area contributed by atoms with Gasteiger partial charge in [0, 0.05) is 19.3 Å². The van der Waals surface area contributed by atoms with Gasteiger partial charge in [-0.05, 0) is 89.9 Å². The lowest BCUT2D eigenvalue weighted by Gasteiger charge is -2.18. The molecule has 0 aliphatic carbocycles. The number of allylic oxidation sites excluding steroid dienone is 10. The summed E-state index contributed by atoms with van der Waals surface area (Å²) in [6.07, 6.45) is 88.2. The summed E-state index contributed by atoms with van der Waals surface area (Å²) in [7, 11) is 0. The van der Waals surface area contributed by atoms with Gasteiger partial charge in [0.2, 0.25) is 0 Å². The molecule has 0 saturated carbocycles. The normalized spacial score (nSPS) is 12.4.